The van der Waals surface area contributed by atoms with Crippen LogP contribution >= 0.6 is 0 Å². The van der Waals surface area contributed by atoms with E-state index in [-0.39, 0.29) is 0 Å². The van der Waals surface area contributed by atoms with Crippen molar-refractivity contribution in [3.05, 3.63) is 71.4 Å². The van der Waals surface area contributed by atoms with Gasteiger partial charge in [0.05, 0.1) is 41.2 Å². The molecule has 2 aromatic carbocycles. The molecule has 122 valence electrons. The van der Waals surface area contributed by atoms with Crippen molar-refractivity contribution in [3.8, 4) is 17.2 Å². The Morgan fingerprint density at radius 2 is 2.00 bits per heavy atom. The number of benzene rings is 2. The highest BCUT2D eigenvalue weighted by Gasteiger charge is 2.13. The fourth-order valence-corrected chi connectivity index (χ4v) is 3.18. The molecule has 0 fully saturated rings. The lowest BCUT2D eigenvalue weighted by molar-refractivity contribution is 0.393. The maximum atomic E-state index is 9.30. The van der Waals surface area contributed by atoms with Crippen LogP contribution in [0.2, 0.25) is 0 Å². The average Bonchev–Trinajstić information content (AvgIpc) is 3.18. The van der Waals surface area contributed by atoms with E-state index in [0.29, 0.717) is 12.1 Å². The molecule has 2 aromatic heterocycles. The molecular weight excluding hydrogens is 312 g/mol. The van der Waals surface area contributed by atoms with Crippen LogP contribution in [0.25, 0.3) is 22.2 Å². The first-order valence-electron chi connectivity index (χ1n) is 8.03. The molecule has 4 aromatic rings. The van der Waals surface area contributed by atoms with E-state index in [2.05, 4.69) is 26.8 Å². The molecule has 0 unspecified atom stereocenters. The lowest BCUT2D eigenvalue weighted by Gasteiger charge is -2.07. The van der Waals surface area contributed by atoms with Crippen molar-refractivity contribution in [3.63, 3.8) is 0 Å². The van der Waals surface area contributed by atoms with Crippen LogP contribution in [0.5, 0.6) is 0 Å². The van der Waals surface area contributed by atoms with Crippen molar-refractivity contribution in [1.82, 2.24) is 14.7 Å². The van der Waals surface area contributed by atoms with Crippen molar-refractivity contribution in [2.24, 2.45) is 0 Å². The van der Waals surface area contributed by atoms with Crippen LogP contribution in [0.15, 0.2) is 53.3 Å². The number of nitrogens with zero attached hydrogens (tertiary/aromatic N) is 4. The fourth-order valence-electron chi connectivity index (χ4n) is 3.18. The molecular formula is C20H16N4O. The van der Waals surface area contributed by atoms with Crippen LogP contribution in [0.1, 0.15) is 22.6 Å². The number of imidazole rings is 1. The van der Waals surface area contributed by atoms with Crippen LogP contribution in [-0.4, -0.2) is 14.7 Å². The minimum Gasteiger partial charge on any atom is -0.361 e. The van der Waals surface area contributed by atoms with Gasteiger partial charge in [0.1, 0.15) is 5.76 Å². The summed E-state index contributed by atoms with van der Waals surface area (Å²) in [7, 11) is 0. The number of rotatable bonds is 3. The first-order chi connectivity index (χ1) is 12.2. The Balaban J connectivity index is 1.81. The maximum Gasteiger partial charge on any atom is 0.141 e. The van der Waals surface area contributed by atoms with E-state index in [1.807, 2.05) is 56.6 Å². The largest absolute Gasteiger partial charge is 0.361 e. The average molecular weight is 328 g/mol. The highest BCUT2D eigenvalue weighted by Crippen LogP contribution is 2.29. The van der Waals surface area contributed by atoms with E-state index >= 15 is 0 Å². The standard InChI is InChI=1S/C20H16N4O/c1-13-20(14(2)25-23-13)15-7-8-18-19(9-15)24(12-22-18)11-17-6-4-3-5-16(17)10-21/h3-9,12H,11H2,1-2H3. The zero-order valence-corrected chi connectivity index (χ0v) is 14.0. The number of hydrogen-bond donors (Lipinski definition) is 0. The molecule has 0 aliphatic carbocycles. The minimum absolute atomic E-state index is 0.602. The van der Waals surface area contributed by atoms with Gasteiger partial charge in [-0.15, -0.1) is 0 Å². The summed E-state index contributed by atoms with van der Waals surface area (Å²) in [6.45, 7) is 4.46. The summed E-state index contributed by atoms with van der Waals surface area (Å²) in [5.74, 6) is 0.803. The molecule has 5 heteroatoms. The molecule has 0 bridgehead atoms. The Hall–Kier alpha value is -3.39. The number of nitriles is 1. The zero-order chi connectivity index (χ0) is 17.4. The van der Waals surface area contributed by atoms with E-state index in [9.17, 15) is 5.26 Å². The molecule has 25 heavy (non-hydrogen) atoms. The topological polar surface area (TPSA) is 67.6 Å². The molecule has 0 amide bonds. The summed E-state index contributed by atoms with van der Waals surface area (Å²) < 4.78 is 7.35. The monoisotopic (exact) mass is 328 g/mol. The Morgan fingerprint density at radius 1 is 1.16 bits per heavy atom. The molecule has 0 atom stereocenters. The van der Waals surface area contributed by atoms with Gasteiger partial charge in [0, 0.05) is 5.56 Å². The Kier molecular flexibility index (Phi) is 3.58. The minimum atomic E-state index is 0.602. The zero-order valence-electron chi connectivity index (χ0n) is 14.0. The third-order valence-corrected chi connectivity index (χ3v) is 4.42. The molecule has 0 aliphatic rings. The van der Waals surface area contributed by atoms with E-state index in [1.54, 1.807) is 0 Å². The maximum absolute atomic E-state index is 9.30. The van der Waals surface area contributed by atoms with E-state index < -0.39 is 0 Å². The summed E-state index contributed by atoms with van der Waals surface area (Å²) in [5, 5.41) is 13.3. The second-order valence-corrected chi connectivity index (χ2v) is 6.04. The second kappa shape index (κ2) is 5.91. The van der Waals surface area contributed by atoms with Gasteiger partial charge in [-0.25, -0.2) is 4.98 Å². The number of aryl methyl sites for hydroxylation is 2. The lowest BCUT2D eigenvalue weighted by atomic mass is 10.0. The summed E-state index contributed by atoms with van der Waals surface area (Å²) in [5.41, 5.74) is 6.55. The van der Waals surface area contributed by atoms with Crippen molar-refractivity contribution < 1.29 is 4.52 Å². The second-order valence-electron chi connectivity index (χ2n) is 6.04. The molecule has 0 aliphatic heterocycles. The van der Waals surface area contributed by atoms with Crippen molar-refractivity contribution in [1.29, 1.82) is 5.26 Å². The molecule has 0 N–H and O–H groups in total. The summed E-state index contributed by atoms with van der Waals surface area (Å²) in [6.07, 6.45) is 1.82. The molecule has 0 saturated carbocycles. The first-order valence-corrected chi connectivity index (χ1v) is 8.03. The van der Waals surface area contributed by atoms with E-state index in [0.717, 1.165) is 39.2 Å². The molecule has 4 rings (SSSR count). The van der Waals surface area contributed by atoms with Crippen molar-refractivity contribution in [2.45, 2.75) is 20.4 Å². The summed E-state index contributed by atoms with van der Waals surface area (Å²) in [4.78, 5) is 4.48. The van der Waals surface area contributed by atoms with Gasteiger partial charge in [-0.05, 0) is 43.2 Å². The quantitative estimate of drug-likeness (QED) is 0.564. The highest BCUT2D eigenvalue weighted by molar-refractivity contribution is 5.83. The van der Waals surface area contributed by atoms with Crippen LogP contribution in [-0.2, 0) is 6.54 Å². The van der Waals surface area contributed by atoms with Gasteiger partial charge < -0.3 is 9.09 Å². The van der Waals surface area contributed by atoms with Crippen molar-refractivity contribution >= 4 is 11.0 Å². The van der Waals surface area contributed by atoms with Gasteiger partial charge in [-0.3, -0.25) is 0 Å². The summed E-state index contributed by atoms with van der Waals surface area (Å²) >= 11 is 0. The smallest absolute Gasteiger partial charge is 0.141 e. The third kappa shape index (κ3) is 2.58. The predicted octanol–water partition coefficient (Wildman–Crippen LogP) is 4.23. The van der Waals surface area contributed by atoms with E-state index in [4.69, 9.17) is 4.52 Å². The van der Waals surface area contributed by atoms with Gasteiger partial charge in [0.2, 0.25) is 0 Å². The van der Waals surface area contributed by atoms with Crippen LogP contribution in [0.4, 0.5) is 0 Å². The lowest BCUT2D eigenvalue weighted by Crippen LogP contribution is -2.00. The van der Waals surface area contributed by atoms with Crippen molar-refractivity contribution in [2.75, 3.05) is 0 Å². The number of hydrogen-bond acceptors (Lipinski definition) is 4. The molecule has 0 spiro atoms. The first kappa shape index (κ1) is 15.2. The highest BCUT2D eigenvalue weighted by atomic mass is 16.5. The normalized spacial score (nSPS) is 10.9. The van der Waals surface area contributed by atoms with Gasteiger partial charge in [0.25, 0.3) is 0 Å². The van der Waals surface area contributed by atoms with Crippen LogP contribution in [0, 0.1) is 25.2 Å². The fraction of sp³-hybridized carbons (Fsp3) is 0.150. The molecule has 2 heterocycles. The SMILES string of the molecule is Cc1noc(C)c1-c1ccc2ncn(Cc3ccccc3C#N)c2c1. The van der Waals surface area contributed by atoms with Crippen LogP contribution < -0.4 is 0 Å². The Morgan fingerprint density at radius 3 is 2.76 bits per heavy atom. The number of aromatic nitrogens is 3. The molecule has 5 nitrogen and oxygen atoms in total. The van der Waals surface area contributed by atoms with Gasteiger partial charge >= 0.3 is 0 Å². The van der Waals surface area contributed by atoms with Gasteiger partial charge in [-0.2, -0.15) is 5.26 Å². The number of fused-ring (bicyclic) bond motifs is 1. The Bertz CT molecular complexity index is 1090. The predicted molar refractivity (Wildman–Crippen MR) is 95.0 cm³/mol. The molecule has 0 saturated heterocycles. The molecule has 0 radical (unpaired) electrons. The Labute approximate surface area is 145 Å². The van der Waals surface area contributed by atoms with Gasteiger partial charge in [0.15, 0.2) is 0 Å². The van der Waals surface area contributed by atoms with E-state index in [1.165, 1.54) is 0 Å². The third-order valence-electron chi connectivity index (χ3n) is 4.42. The summed E-state index contributed by atoms with van der Waals surface area (Å²) in [6, 6.07) is 16.0. The van der Waals surface area contributed by atoms with Crippen LogP contribution in [0.3, 0.4) is 0 Å². The van der Waals surface area contributed by atoms with Gasteiger partial charge in [-0.1, -0.05) is 29.4 Å².